The van der Waals surface area contributed by atoms with Crippen molar-refractivity contribution in [3.8, 4) is 11.5 Å². The Balaban J connectivity index is 1.61. The van der Waals surface area contributed by atoms with Gasteiger partial charge in [-0.3, -0.25) is 0 Å². The number of carbonyl (C=O) groups is 1. The molecule has 2 aromatic rings. The molecular formula is C16H21N5O3. The fraction of sp³-hybridized carbons (Fsp3) is 0.438. The highest BCUT2D eigenvalue weighted by molar-refractivity contribution is 5.74. The zero-order valence-electron chi connectivity index (χ0n) is 14.0. The third-order valence-corrected chi connectivity index (χ3v) is 3.85. The van der Waals surface area contributed by atoms with Crippen LogP contribution in [0.15, 0.2) is 24.5 Å². The standard InChI is InChI=1S/C16H21N5O3/c1-11(15-19-17-10-21(15)3)18-16(22)20(2)9-12-4-5-13-14(8-12)24-7-6-23-13/h4-5,8,10-11H,6-7,9H2,1-3H3,(H,18,22)/t11-/m0/s1. The average molecular weight is 331 g/mol. The van der Waals surface area contributed by atoms with Crippen LogP contribution >= 0.6 is 0 Å². The largest absolute Gasteiger partial charge is 0.486 e. The number of nitrogens with one attached hydrogen (secondary N) is 1. The van der Waals surface area contributed by atoms with Crippen LogP contribution in [0.1, 0.15) is 24.4 Å². The average Bonchev–Trinajstić information content (AvgIpc) is 3.00. The molecule has 0 fully saturated rings. The topological polar surface area (TPSA) is 81.5 Å². The highest BCUT2D eigenvalue weighted by atomic mass is 16.6. The maximum Gasteiger partial charge on any atom is 0.318 e. The lowest BCUT2D eigenvalue weighted by atomic mass is 10.2. The van der Waals surface area contributed by atoms with Crippen LogP contribution in [0.4, 0.5) is 4.79 Å². The number of carbonyl (C=O) groups excluding carboxylic acids is 1. The van der Waals surface area contributed by atoms with E-state index in [9.17, 15) is 4.79 Å². The number of rotatable bonds is 4. The van der Waals surface area contributed by atoms with E-state index in [4.69, 9.17) is 9.47 Å². The van der Waals surface area contributed by atoms with Gasteiger partial charge in [0.2, 0.25) is 0 Å². The summed E-state index contributed by atoms with van der Waals surface area (Å²) in [6.45, 7) is 3.45. The molecule has 1 aromatic carbocycles. The van der Waals surface area contributed by atoms with E-state index in [0.717, 1.165) is 17.1 Å². The van der Waals surface area contributed by atoms with Crippen LogP contribution in [0.2, 0.25) is 0 Å². The summed E-state index contributed by atoms with van der Waals surface area (Å²) in [4.78, 5) is 14.0. The van der Waals surface area contributed by atoms with Crippen molar-refractivity contribution >= 4 is 6.03 Å². The van der Waals surface area contributed by atoms with Gasteiger partial charge in [0.25, 0.3) is 0 Å². The van der Waals surface area contributed by atoms with Crippen molar-refractivity contribution in [3.63, 3.8) is 0 Å². The summed E-state index contributed by atoms with van der Waals surface area (Å²) in [5.74, 6) is 2.17. The lowest BCUT2D eigenvalue weighted by molar-refractivity contribution is 0.171. The Morgan fingerprint density at radius 3 is 2.83 bits per heavy atom. The van der Waals surface area contributed by atoms with E-state index < -0.39 is 0 Å². The fourth-order valence-corrected chi connectivity index (χ4v) is 2.58. The molecule has 24 heavy (non-hydrogen) atoms. The smallest absolute Gasteiger partial charge is 0.318 e. The summed E-state index contributed by atoms with van der Waals surface area (Å²) < 4.78 is 12.9. The quantitative estimate of drug-likeness (QED) is 0.918. The number of aromatic nitrogens is 3. The second kappa shape index (κ2) is 6.77. The minimum Gasteiger partial charge on any atom is -0.486 e. The SMILES string of the molecule is C[C@H](NC(=O)N(C)Cc1ccc2c(c1)OCCO2)c1nncn1C. The van der Waals surface area contributed by atoms with Gasteiger partial charge in [-0.25, -0.2) is 4.79 Å². The number of ether oxygens (including phenoxy) is 2. The van der Waals surface area contributed by atoms with E-state index in [0.29, 0.717) is 25.6 Å². The summed E-state index contributed by atoms with van der Waals surface area (Å²) in [7, 11) is 3.59. The van der Waals surface area contributed by atoms with Crippen molar-refractivity contribution in [1.82, 2.24) is 25.0 Å². The van der Waals surface area contributed by atoms with Crippen molar-refractivity contribution in [1.29, 1.82) is 0 Å². The van der Waals surface area contributed by atoms with Crippen molar-refractivity contribution in [3.05, 3.63) is 35.9 Å². The lowest BCUT2D eigenvalue weighted by Gasteiger charge is -2.22. The van der Waals surface area contributed by atoms with Crippen LogP contribution in [0.25, 0.3) is 0 Å². The normalized spacial score (nSPS) is 14.1. The minimum absolute atomic E-state index is 0.180. The van der Waals surface area contributed by atoms with Gasteiger partial charge >= 0.3 is 6.03 Å². The van der Waals surface area contributed by atoms with Crippen molar-refractivity contribution < 1.29 is 14.3 Å². The second-order valence-electron chi connectivity index (χ2n) is 5.81. The Hall–Kier alpha value is -2.77. The van der Waals surface area contributed by atoms with Crippen LogP contribution in [-0.2, 0) is 13.6 Å². The van der Waals surface area contributed by atoms with Gasteiger partial charge in [0.1, 0.15) is 19.5 Å². The third-order valence-electron chi connectivity index (χ3n) is 3.85. The van der Waals surface area contributed by atoms with E-state index in [2.05, 4.69) is 15.5 Å². The molecule has 0 bridgehead atoms. The molecule has 128 valence electrons. The fourth-order valence-electron chi connectivity index (χ4n) is 2.58. The number of urea groups is 1. The molecular weight excluding hydrogens is 310 g/mol. The molecule has 8 nitrogen and oxygen atoms in total. The molecule has 1 aliphatic rings. The number of hydrogen-bond donors (Lipinski definition) is 1. The molecule has 2 amide bonds. The number of nitrogens with zero attached hydrogens (tertiary/aromatic N) is 4. The number of amides is 2. The number of benzene rings is 1. The predicted octanol–water partition coefficient (Wildman–Crippen LogP) is 1.49. The Morgan fingerprint density at radius 1 is 1.38 bits per heavy atom. The molecule has 0 aliphatic carbocycles. The van der Waals surface area contributed by atoms with Gasteiger partial charge in [-0.2, -0.15) is 0 Å². The molecule has 0 radical (unpaired) electrons. The van der Waals surface area contributed by atoms with Crippen molar-refractivity contribution in [2.45, 2.75) is 19.5 Å². The molecule has 2 heterocycles. The molecule has 1 aliphatic heterocycles. The van der Waals surface area contributed by atoms with Gasteiger partial charge in [-0.05, 0) is 24.6 Å². The molecule has 0 spiro atoms. The molecule has 1 aromatic heterocycles. The molecule has 3 rings (SSSR count). The Kier molecular flexibility index (Phi) is 4.54. The monoisotopic (exact) mass is 331 g/mol. The summed E-state index contributed by atoms with van der Waals surface area (Å²) in [5.41, 5.74) is 0.975. The van der Waals surface area contributed by atoms with Gasteiger partial charge in [-0.1, -0.05) is 6.07 Å². The van der Waals surface area contributed by atoms with E-state index in [-0.39, 0.29) is 12.1 Å². The number of hydrogen-bond acceptors (Lipinski definition) is 5. The summed E-state index contributed by atoms with van der Waals surface area (Å²) in [5, 5.41) is 10.7. The van der Waals surface area contributed by atoms with Crippen LogP contribution < -0.4 is 14.8 Å². The molecule has 1 N–H and O–H groups in total. The maximum absolute atomic E-state index is 12.4. The maximum atomic E-state index is 12.4. The summed E-state index contributed by atoms with van der Waals surface area (Å²) >= 11 is 0. The van der Waals surface area contributed by atoms with Crippen LogP contribution in [0.3, 0.4) is 0 Å². The Labute approximate surface area is 140 Å². The summed E-state index contributed by atoms with van der Waals surface area (Å²) in [6.07, 6.45) is 1.61. The van der Waals surface area contributed by atoms with Gasteiger partial charge < -0.3 is 24.3 Å². The van der Waals surface area contributed by atoms with Crippen molar-refractivity contribution in [2.75, 3.05) is 20.3 Å². The van der Waals surface area contributed by atoms with E-state index in [1.54, 1.807) is 22.8 Å². The van der Waals surface area contributed by atoms with Gasteiger partial charge in [-0.15, -0.1) is 10.2 Å². The predicted molar refractivity (Wildman–Crippen MR) is 86.8 cm³/mol. The molecule has 0 saturated carbocycles. The zero-order valence-corrected chi connectivity index (χ0v) is 14.0. The second-order valence-corrected chi connectivity index (χ2v) is 5.81. The number of fused-ring (bicyclic) bond motifs is 1. The highest BCUT2D eigenvalue weighted by Gasteiger charge is 2.18. The van der Waals surface area contributed by atoms with E-state index in [1.807, 2.05) is 32.2 Å². The van der Waals surface area contributed by atoms with Crippen molar-refractivity contribution in [2.24, 2.45) is 7.05 Å². The molecule has 1 atom stereocenters. The molecule has 8 heteroatoms. The van der Waals surface area contributed by atoms with Crippen LogP contribution in [0.5, 0.6) is 11.5 Å². The zero-order chi connectivity index (χ0) is 17.1. The van der Waals surface area contributed by atoms with Gasteiger partial charge in [0.05, 0.1) is 6.04 Å². The first-order valence-electron chi connectivity index (χ1n) is 7.78. The number of aryl methyl sites for hydroxylation is 1. The van der Waals surface area contributed by atoms with Gasteiger partial charge in [0, 0.05) is 20.6 Å². The first-order chi connectivity index (χ1) is 11.5. The van der Waals surface area contributed by atoms with Crippen LogP contribution in [-0.4, -0.2) is 46.0 Å². The Bertz CT molecular complexity index is 730. The summed E-state index contributed by atoms with van der Waals surface area (Å²) in [6, 6.07) is 5.30. The van der Waals surface area contributed by atoms with Gasteiger partial charge in [0.15, 0.2) is 17.3 Å². The van der Waals surface area contributed by atoms with Crippen LogP contribution in [0, 0.1) is 0 Å². The minimum atomic E-state index is -0.229. The first kappa shape index (κ1) is 16.1. The first-order valence-corrected chi connectivity index (χ1v) is 7.78. The molecule has 0 saturated heterocycles. The molecule has 0 unspecified atom stereocenters. The highest BCUT2D eigenvalue weighted by Crippen LogP contribution is 2.31. The Morgan fingerprint density at radius 2 is 2.12 bits per heavy atom. The lowest BCUT2D eigenvalue weighted by Crippen LogP contribution is -2.38. The third kappa shape index (κ3) is 3.42. The van der Waals surface area contributed by atoms with E-state index >= 15 is 0 Å². The van der Waals surface area contributed by atoms with E-state index in [1.165, 1.54) is 0 Å².